The maximum absolute atomic E-state index is 13.1. The Bertz CT molecular complexity index is 472. The zero-order valence-electron chi connectivity index (χ0n) is 7.78. The summed E-state index contributed by atoms with van der Waals surface area (Å²) >= 11 is 3.14. The number of rotatable bonds is 2. The summed E-state index contributed by atoms with van der Waals surface area (Å²) in [6.07, 6.45) is 1.64. The Morgan fingerprint density at radius 3 is 2.87 bits per heavy atom. The summed E-state index contributed by atoms with van der Waals surface area (Å²) in [6, 6.07) is 3.17. The SMILES string of the molecule is Cl.NCCn1ncc2cc(F)c(Br)cc21. The lowest BCUT2D eigenvalue weighted by Crippen LogP contribution is -2.10. The molecule has 2 N–H and O–H groups in total. The number of hydrogen-bond acceptors (Lipinski definition) is 2. The van der Waals surface area contributed by atoms with Crippen LogP contribution >= 0.6 is 28.3 Å². The molecule has 0 aliphatic carbocycles. The third-order valence-electron chi connectivity index (χ3n) is 2.02. The van der Waals surface area contributed by atoms with Gasteiger partial charge in [-0.2, -0.15) is 5.10 Å². The number of halogens is 3. The molecule has 0 saturated carbocycles. The summed E-state index contributed by atoms with van der Waals surface area (Å²) in [6.45, 7) is 1.16. The Hall–Kier alpha value is -0.650. The van der Waals surface area contributed by atoms with Gasteiger partial charge in [0.2, 0.25) is 0 Å². The van der Waals surface area contributed by atoms with E-state index in [2.05, 4.69) is 21.0 Å². The Morgan fingerprint density at radius 2 is 2.20 bits per heavy atom. The van der Waals surface area contributed by atoms with Gasteiger partial charge in [-0.3, -0.25) is 4.68 Å². The molecule has 15 heavy (non-hydrogen) atoms. The van der Waals surface area contributed by atoms with Crippen molar-refractivity contribution < 1.29 is 4.39 Å². The molecule has 0 aliphatic heterocycles. The van der Waals surface area contributed by atoms with E-state index < -0.39 is 0 Å². The molecule has 2 rings (SSSR count). The van der Waals surface area contributed by atoms with Crippen molar-refractivity contribution in [2.24, 2.45) is 5.73 Å². The number of nitrogens with two attached hydrogens (primary N) is 1. The topological polar surface area (TPSA) is 43.8 Å². The summed E-state index contributed by atoms with van der Waals surface area (Å²) in [5, 5.41) is 4.91. The smallest absolute Gasteiger partial charge is 0.138 e. The van der Waals surface area contributed by atoms with Gasteiger partial charge in [0.05, 0.1) is 22.7 Å². The second kappa shape index (κ2) is 4.92. The van der Waals surface area contributed by atoms with Crippen LogP contribution in [0.5, 0.6) is 0 Å². The number of aromatic nitrogens is 2. The van der Waals surface area contributed by atoms with Crippen molar-refractivity contribution >= 4 is 39.2 Å². The number of nitrogens with zero attached hydrogens (tertiary/aromatic N) is 2. The summed E-state index contributed by atoms with van der Waals surface area (Å²) in [5.74, 6) is -0.273. The van der Waals surface area contributed by atoms with E-state index in [1.165, 1.54) is 6.07 Å². The van der Waals surface area contributed by atoms with Crippen LogP contribution in [-0.4, -0.2) is 16.3 Å². The molecule has 3 nitrogen and oxygen atoms in total. The lowest BCUT2D eigenvalue weighted by atomic mass is 10.2. The van der Waals surface area contributed by atoms with Crippen LogP contribution < -0.4 is 5.73 Å². The lowest BCUT2D eigenvalue weighted by molar-refractivity contribution is 0.621. The monoisotopic (exact) mass is 293 g/mol. The van der Waals surface area contributed by atoms with E-state index in [0.29, 0.717) is 17.6 Å². The highest BCUT2D eigenvalue weighted by Crippen LogP contribution is 2.22. The Balaban J connectivity index is 0.00000112. The minimum atomic E-state index is -0.273. The first kappa shape index (κ1) is 12.4. The minimum Gasteiger partial charge on any atom is -0.329 e. The van der Waals surface area contributed by atoms with Crippen molar-refractivity contribution in [3.8, 4) is 0 Å². The van der Waals surface area contributed by atoms with Gasteiger partial charge in [-0.1, -0.05) is 0 Å². The largest absolute Gasteiger partial charge is 0.329 e. The maximum atomic E-state index is 13.1. The first-order chi connectivity index (χ1) is 6.72. The average molecular weight is 295 g/mol. The number of benzene rings is 1. The van der Waals surface area contributed by atoms with E-state index in [4.69, 9.17) is 5.73 Å². The van der Waals surface area contributed by atoms with Crippen LogP contribution in [0.25, 0.3) is 10.9 Å². The quantitative estimate of drug-likeness (QED) is 0.924. The molecule has 0 amide bonds. The van der Waals surface area contributed by atoms with Crippen LogP contribution in [0.3, 0.4) is 0 Å². The summed E-state index contributed by atoms with van der Waals surface area (Å²) in [7, 11) is 0. The lowest BCUT2D eigenvalue weighted by Gasteiger charge is -2.01. The fraction of sp³-hybridized carbons (Fsp3) is 0.222. The molecular formula is C9H10BrClFN3. The van der Waals surface area contributed by atoms with Crippen molar-refractivity contribution in [1.29, 1.82) is 0 Å². The van der Waals surface area contributed by atoms with Gasteiger partial charge in [-0.15, -0.1) is 12.4 Å². The van der Waals surface area contributed by atoms with Gasteiger partial charge < -0.3 is 5.73 Å². The van der Waals surface area contributed by atoms with Crippen molar-refractivity contribution in [2.45, 2.75) is 6.54 Å². The first-order valence-corrected chi connectivity index (χ1v) is 5.02. The number of hydrogen-bond donors (Lipinski definition) is 1. The molecule has 1 heterocycles. The highest BCUT2D eigenvalue weighted by Gasteiger charge is 2.06. The first-order valence-electron chi connectivity index (χ1n) is 4.23. The average Bonchev–Trinajstić information content (AvgIpc) is 2.51. The highest BCUT2D eigenvalue weighted by molar-refractivity contribution is 9.10. The number of fused-ring (bicyclic) bond motifs is 1. The van der Waals surface area contributed by atoms with Crippen LogP contribution in [0, 0.1) is 5.82 Å². The van der Waals surface area contributed by atoms with E-state index in [0.717, 1.165) is 10.9 Å². The minimum absolute atomic E-state index is 0. The Morgan fingerprint density at radius 1 is 1.47 bits per heavy atom. The zero-order valence-corrected chi connectivity index (χ0v) is 10.2. The molecule has 6 heteroatoms. The van der Waals surface area contributed by atoms with Crippen LogP contribution in [0.2, 0.25) is 0 Å². The van der Waals surface area contributed by atoms with E-state index in [1.54, 1.807) is 16.9 Å². The molecule has 0 spiro atoms. The van der Waals surface area contributed by atoms with Crippen LogP contribution in [0.4, 0.5) is 4.39 Å². The second-order valence-corrected chi connectivity index (χ2v) is 3.84. The van der Waals surface area contributed by atoms with E-state index in [-0.39, 0.29) is 18.2 Å². The molecule has 1 aromatic carbocycles. The Kier molecular flexibility index (Phi) is 4.07. The molecule has 0 radical (unpaired) electrons. The standard InChI is InChI=1S/C9H9BrFN3.ClH/c10-7-4-9-6(3-8(7)11)5-13-14(9)2-1-12;/h3-5H,1-2,12H2;1H. The molecule has 0 atom stereocenters. The molecule has 2 aromatic rings. The van der Waals surface area contributed by atoms with Gasteiger partial charge in [0.1, 0.15) is 5.82 Å². The molecule has 82 valence electrons. The molecule has 0 fully saturated rings. The van der Waals surface area contributed by atoms with Crippen molar-refractivity contribution in [1.82, 2.24) is 9.78 Å². The maximum Gasteiger partial charge on any atom is 0.138 e. The predicted molar refractivity (Wildman–Crippen MR) is 63.7 cm³/mol. The fourth-order valence-electron chi connectivity index (χ4n) is 1.37. The highest BCUT2D eigenvalue weighted by atomic mass is 79.9. The van der Waals surface area contributed by atoms with Gasteiger partial charge in [0.15, 0.2) is 0 Å². The van der Waals surface area contributed by atoms with Crippen LogP contribution in [0.15, 0.2) is 22.8 Å². The van der Waals surface area contributed by atoms with Crippen LogP contribution in [-0.2, 0) is 6.54 Å². The molecule has 0 bridgehead atoms. The van der Waals surface area contributed by atoms with Gasteiger partial charge in [0, 0.05) is 11.9 Å². The van der Waals surface area contributed by atoms with Crippen molar-refractivity contribution in [3.63, 3.8) is 0 Å². The van der Waals surface area contributed by atoms with Gasteiger partial charge >= 0.3 is 0 Å². The van der Waals surface area contributed by atoms with E-state index >= 15 is 0 Å². The fourth-order valence-corrected chi connectivity index (χ4v) is 1.70. The normalized spacial score (nSPS) is 10.3. The zero-order chi connectivity index (χ0) is 10.1. The molecule has 0 aliphatic rings. The molecule has 1 aromatic heterocycles. The molecule has 0 unspecified atom stereocenters. The van der Waals surface area contributed by atoms with E-state index in [9.17, 15) is 4.39 Å². The van der Waals surface area contributed by atoms with Gasteiger partial charge in [-0.05, 0) is 28.1 Å². The predicted octanol–water partition coefficient (Wildman–Crippen LogP) is 2.32. The van der Waals surface area contributed by atoms with Crippen molar-refractivity contribution in [2.75, 3.05) is 6.54 Å². The molecule has 0 saturated heterocycles. The summed E-state index contributed by atoms with van der Waals surface area (Å²) in [5.41, 5.74) is 6.32. The molecular weight excluding hydrogens is 284 g/mol. The Labute approximate surface area is 101 Å². The summed E-state index contributed by atoms with van der Waals surface area (Å²) < 4.78 is 15.3. The second-order valence-electron chi connectivity index (χ2n) is 2.98. The third-order valence-corrected chi connectivity index (χ3v) is 2.63. The third kappa shape index (κ3) is 2.30. The van der Waals surface area contributed by atoms with Gasteiger partial charge in [0.25, 0.3) is 0 Å². The summed E-state index contributed by atoms with van der Waals surface area (Å²) in [4.78, 5) is 0. The van der Waals surface area contributed by atoms with Gasteiger partial charge in [-0.25, -0.2) is 4.39 Å². The van der Waals surface area contributed by atoms with Crippen LogP contribution in [0.1, 0.15) is 0 Å². The van der Waals surface area contributed by atoms with Crippen molar-refractivity contribution in [3.05, 3.63) is 28.6 Å². The van der Waals surface area contributed by atoms with E-state index in [1.807, 2.05) is 0 Å².